The number of hydrogen-bond acceptors (Lipinski definition) is 3. The van der Waals surface area contributed by atoms with Gasteiger partial charge in [0.2, 0.25) is 0 Å². The van der Waals surface area contributed by atoms with Gasteiger partial charge in [-0.2, -0.15) is 0 Å². The summed E-state index contributed by atoms with van der Waals surface area (Å²) in [5.74, 6) is -0.609. The first-order valence-electron chi connectivity index (χ1n) is 7.66. The highest BCUT2D eigenvalue weighted by atomic mass is 35.5. The Bertz CT molecular complexity index is 881. The lowest BCUT2D eigenvalue weighted by atomic mass is 9.92. The summed E-state index contributed by atoms with van der Waals surface area (Å²) in [6.45, 7) is 0. The number of nitrogens with one attached hydrogen (secondary N) is 2. The van der Waals surface area contributed by atoms with Crippen LogP contribution in [0.2, 0.25) is 5.02 Å². The van der Waals surface area contributed by atoms with E-state index >= 15 is 0 Å². The number of amides is 1. The van der Waals surface area contributed by atoms with Crippen LogP contribution in [-0.2, 0) is 22.9 Å². The Hall–Kier alpha value is -1.89. The quantitative estimate of drug-likeness (QED) is 0.819. The molecule has 3 rings (SSSR count). The van der Waals surface area contributed by atoms with E-state index < -0.39 is 15.9 Å². The molecule has 1 aliphatic rings. The molecule has 0 fully saturated rings. The fourth-order valence-corrected chi connectivity index (χ4v) is 3.87. The normalized spacial score (nSPS) is 14.0. The lowest BCUT2D eigenvalue weighted by molar-refractivity contribution is 0.0945. The molecule has 0 unspecified atom stereocenters. The number of hydrogen-bond donors (Lipinski definition) is 2. The summed E-state index contributed by atoms with van der Waals surface area (Å²) in [6, 6.07) is 11.5. The molecular formula is C17H17ClN2O3S. The second-order valence-electron chi connectivity index (χ2n) is 5.68. The molecule has 5 nitrogen and oxygen atoms in total. The molecule has 2 N–H and O–H groups in total. The van der Waals surface area contributed by atoms with E-state index in [2.05, 4.69) is 10.3 Å². The summed E-state index contributed by atoms with van der Waals surface area (Å²) in [5, 5.41) is 0.253. The molecule has 0 aromatic heterocycles. The maximum Gasteiger partial charge on any atom is 0.267 e. The van der Waals surface area contributed by atoms with Gasteiger partial charge >= 0.3 is 0 Å². The third-order valence-corrected chi connectivity index (χ3v) is 5.62. The molecule has 0 heterocycles. The van der Waals surface area contributed by atoms with E-state index in [1.165, 1.54) is 11.6 Å². The molecule has 1 amide bonds. The van der Waals surface area contributed by atoms with Crippen LogP contribution in [0.25, 0.3) is 0 Å². The lowest BCUT2D eigenvalue weighted by Crippen LogP contribution is -2.41. The van der Waals surface area contributed by atoms with Gasteiger partial charge in [-0.3, -0.25) is 10.2 Å². The highest BCUT2D eigenvalue weighted by molar-refractivity contribution is 7.89. The van der Waals surface area contributed by atoms with Crippen LogP contribution in [0.1, 0.15) is 34.3 Å². The van der Waals surface area contributed by atoms with Gasteiger partial charge in [0.1, 0.15) is 0 Å². The SMILES string of the molecule is O=C(NNS(=O)(=O)c1ccc2c(c1)CCCC2)c1ccccc1Cl. The van der Waals surface area contributed by atoms with Crippen LogP contribution in [0.3, 0.4) is 0 Å². The Labute approximate surface area is 146 Å². The first-order chi connectivity index (χ1) is 11.5. The van der Waals surface area contributed by atoms with Crippen molar-refractivity contribution in [2.24, 2.45) is 0 Å². The van der Waals surface area contributed by atoms with Crippen LogP contribution in [0.15, 0.2) is 47.4 Å². The van der Waals surface area contributed by atoms with E-state index in [9.17, 15) is 13.2 Å². The number of aryl methyl sites for hydroxylation is 2. The molecule has 7 heteroatoms. The summed E-state index contributed by atoms with van der Waals surface area (Å²) in [5.41, 5.74) is 4.65. The van der Waals surface area contributed by atoms with Crippen molar-refractivity contribution < 1.29 is 13.2 Å². The van der Waals surface area contributed by atoms with E-state index in [1.54, 1.807) is 30.3 Å². The van der Waals surface area contributed by atoms with E-state index in [-0.39, 0.29) is 15.5 Å². The van der Waals surface area contributed by atoms with E-state index in [0.29, 0.717) is 0 Å². The summed E-state index contributed by atoms with van der Waals surface area (Å²) in [6.07, 6.45) is 4.05. The molecule has 24 heavy (non-hydrogen) atoms. The average Bonchev–Trinajstić information content (AvgIpc) is 2.60. The van der Waals surface area contributed by atoms with Gasteiger partial charge in [0.05, 0.1) is 15.5 Å². The molecule has 126 valence electrons. The van der Waals surface area contributed by atoms with E-state index in [4.69, 9.17) is 11.6 Å². The monoisotopic (exact) mass is 364 g/mol. The number of fused-ring (bicyclic) bond motifs is 1. The van der Waals surface area contributed by atoms with Crippen molar-refractivity contribution in [2.75, 3.05) is 0 Å². The van der Waals surface area contributed by atoms with Crippen LogP contribution in [0.5, 0.6) is 0 Å². The van der Waals surface area contributed by atoms with Crippen molar-refractivity contribution in [2.45, 2.75) is 30.6 Å². The van der Waals surface area contributed by atoms with Gasteiger partial charge in [0, 0.05) is 0 Å². The van der Waals surface area contributed by atoms with Crippen molar-refractivity contribution in [3.05, 3.63) is 64.2 Å². The van der Waals surface area contributed by atoms with Crippen LogP contribution in [-0.4, -0.2) is 14.3 Å². The number of rotatable bonds is 4. The van der Waals surface area contributed by atoms with Gasteiger partial charge in [-0.05, 0) is 61.1 Å². The van der Waals surface area contributed by atoms with Crippen molar-refractivity contribution in [1.29, 1.82) is 0 Å². The number of halogens is 1. The topological polar surface area (TPSA) is 75.3 Å². The summed E-state index contributed by atoms with van der Waals surface area (Å²) in [7, 11) is -3.83. The molecule has 0 saturated heterocycles. The maximum atomic E-state index is 12.4. The fourth-order valence-electron chi connectivity index (χ4n) is 2.76. The number of carbonyl (C=O) groups is 1. The minimum Gasteiger partial charge on any atom is -0.273 e. The highest BCUT2D eigenvalue weighted by Gasteiger charge is 2.19. The average molecular weight is 365 g/mol. The predicted octanol–water partition coefficient (Wildman–Crippen LogP) is 2.84. The number of benzene rings is 2. The predicted molar refractivity (Wildman–Crippen MR) is 92.3 cm³/mol. The summed E-state index contributed by atoms with van der Waals surface area (Å²) < 4.78 is 24.8. The fraction of sp³-hybridized carbons (Fsp3) is 0.235. The van der Waals surface area contributed by atoms with Crippen LogP contribution < -0.4 is 10.3 Å². The number of carbonyl (C=O) groups excluding carboxylic acids is 1. The third-order valence-electron chi connectivity index (χ3n) is 4.05. The first kappa shape index (κ1) is 17.0. The standard InChI is InChI=1S/C17H17ClN2O3S/c18-16-8-4-3-7-15(16)17(21)19-20-24(22,23)14-10-9-12-5-1-2-6-13(12)11-14/h3-4,7-11,20H,1-2,5-6H2,(H,19,21). The minimum absolute atomic E-state index is 0.141. The van der Waals surface area contributed by atoms with Crippen molar-refractivity contribution in [3.8, 4) is 0 Å². The molecule has 2 aromatic carbocycles. The second kappa shape index (κ2) is 6.93. The molecule has 0 aliphatic heterocycles. The number of sulfonamides is 1. The van der Waals surface area contributed by atoms with Gasteiger partial charge in [0.15, 0.2) is 0 Å². The Balaban J connectivity index is 1.75. The molecule has 0 saturated carbocycles. The Morgan fingerprint density at radius 2 is 1.71 bits per heavy atom. The van der Waals surface area contributed by atoms with Crippen LogP contribution >= 0.6 is 11.6 Å². The van der Waals surface area contributed by atoms with Crippen LogP contribution in [0, 0.1) is 0 Å². The van der Waals surface area contributed by atoms with Gasteiger partial charge in [-0.25, -0.2) is 8.42 Å². The molecule has 2 aromatic rings. The van der Waals surface area contributed by atoms with E-state index in [0.717, 1.165) is 31.2 Å². The van der Waals surface area contributed by atoms with Crippen molar-refractivity contribution in [1.82, 2.24) is 10.3 Å². The zero-order valence-electron chi connectivity index (χ0n) is 12.9. The molecule has 0 spiro atoms. The first-order valence-corrected chi connectivity index (χ1v) is 9.52. The zero-order valence-corrected chi connectivity index (χ0v) is 14.5. The van der Waals surface area contributed by atoms with Gasteiger partial charge in [0.25, 0.3) is 15.9 Å². The zero-order chi connectivity index (χ0) is 17.2. The van der Waals surface area contributed by atoms with Gasteiger partial charge < -0.3 is 0 Å². The Morgan fingerprint density at radius 1 is 1.00 bits per heavy atom. The highest BCUT2D eigenvalue weighted by Crippen LogP contribution is 2.24. The third kappa shape index (κ3) is 3.61. The lowest BCUT2D eigenvalue weighted by Gasteiger charge is -2.17. The Morgan fingerprint density at radius 3 is 2.46 bits per heavy atom. The largest absolute Gasteiger partial charge is 0.273 e. The molecule has 1 aliphatic carbocycles. The molecule has 0 bridgehead atoms. The maximum absolute atomic E-state index is 12.4. The second-order valence-corrected chi connectivity index (χ2v) is 7.77. The van der Waals surface area contributed by atoms with Crippen molar-refractivity contribution >= 4 is 27.5 Å². The minimum atomic E-state index is -3.83. The molecule has 0 atom stereocenters. The van der Waals surface area contributed by atoms with Gasteiger partial charge in [-0.15, -0.1) is 4.83 Å². The smallest absolute Gasteiger partial charge is 0.267 e. The van der Waals surface area contributed by atoms with Crippen LogP contribution in [0.4, 0.5) is 0 Å². The van der Waals surface area contributed by atoms with E-state index in [1.807, 2.05) is 6.07 Å². The van der Waals surface area contributed by atoms with Gasteiger partial charge in [-0.1, -0.05) is 29.8 Å². The Kier molecular flexibility index (Phi) is 4.89. The van der Waals surface area contributed by atoms with Crippen molar-refractivity contribution in [3.63, 3.8) is 0 Å². The number of hydrazine groups is 1. The molecular weight excluding hydrogens is 348 g/mol. The summed E-state index contributed by atoms with van der Waals surface area (Å²) >= 11 is 5.93. The summed E-state index contributed by atoms with van der Waals surface area (Å²) in [4.78, 5) is 14.3. The molecule has 0 radical (unpaired) electrons.